The molecule has 106 valence electrons. The van der Waals surface area contributed by atoms with E-state index in [1.54, 1.807) is 0 Å². The Morgan fingerprint density at radius 1 is 1.00 bits per heavy atom. The summed E-state index contributed by atoms with van der Waals surface area (Å²) in [5, 5.41) is 1.57. The van der Waals surface area contributed by atoms with Crippen LogP contribution >= 0.6 is 11.6 Å². The molecule has 2 aromatic carbocycles. The number of hydrogen-bond donors (Lipinski definition) is 0. The largest absolute Gasteiger partial charge is 0.489 e. The van der Waals surface area contributed by atoms with E-state index in [4.69, 9.17) is 16.3 Å². The van der Waals surface area contributed by atoms with Gasteiger partial charge >= 0.3 is 0 Å². The van der Waals surface area contributed by atoms with Crippen molar-refractivity contribution >= 4 is 22.5 Å². The van der Waals surface area contributed by atoms with Crippen LogP contribution in [0, 0.1) is 13.8 Å². The minimum atomic E-state index is 0.416. The van der Waals surface area contributed by atoms with Gasteiger partial charge in [-0.15, -0.1) is 0 Å². The Labute approximate surface area is 129 Å². The molecule has 0 saturated carbocycles. The number of fused-ring (bicyclic) bond motifs is 1. The van der Waals surface area contributed by atoms with Crippen LogP contribution in [-0.4, -0.2) is 4.98 Å². The molecule has 0 unspecified atom stereocenters. The number of benzene rings is 2. The molecule has 0 N–H and O–H groups in total. The maximum atomic E-state index is 6.24. The van der Waals surface area contributed by atoms with Gasteiger partial charge < -0.3 is 4.74 Å². The highest BCUT2D eigenvalue weighted by Crippen LogP contribution is 2.23. The summed E-state index contributed by atoms with van der Waals surface area (Å²) < 4.78 is 5.86. The fourth-order valence-electron chi connectivity index (χ4n) is 2.41. The second-order valence-electron chi connectivity index (χ2n) is 5.24. The van der Waals surface area contributed by atoms with Crippen molar-refractivity contribution in [1.29, 1.82) is 0 Å². The maximum absolute atomic E-state index is 6.24. The number of rotatable bonds is 3. The third-order valence-electron chi connectivity index (χ3n) is 3.34. The van der Waals surface area contributed by atoms with Crippen molar-refractivity contribution in [2.75, 3.05) is 0 Å². The molecule has 0 fully saturated rings. The van der Waals surface area contributed by atoms with Gasteiger partial charge in [0.1, 0.15) is 17.5 Å². The van der Waals surface area contributed by atoms with Crippen LogP contribution in [0.4, 0.5) is 0 Å². The lowest BCUT2D eigenvalue weighted by Gasteiger charge is -2.10. The summed E-state index contributed by atoms with van der Waals surface area (Å²) in [7, 11) is 0. The van der Waals surface area contributed by atoms with Crippen molar-refractivity contribution in [3.05, 3.63) is 70.4 Å². The number of pyridine rings is 1. The lowest BCUT2D eigenvalue weighted by molar-refractivity contribution is 0.305. The zero-order valence-corrected chi connectivity index (χ0v) is 12.8. The highest BCUT2D eigenvalue weighted by molar-refractivity contribution is 6.30. The molecule has 3 rings (SSSR count). The van der Waals surface area contributed by atoms with Crippen LogP contribution in [-0.2, 0) is 6.61 Å². The van der Waals surface area contributed by atoms with Crippen LogP contribution in [0.5, 0.6) is 5.75 Å². The summed E-state index contributed by atoms with van der Waals surface area (Å²) in [6.45, 7) is 4.54. The third-order valence-corrected chi connectivity index (χ3v) is 3.67. The minimum Gasteiger partial charge on any atom is -0.489 e. The predicted molar refractivity (Wildman–Crippen MR) is 87.0 cm³/mol. The average Bonchev–Trinajstić information content (AvgIpc) is 2.44. The van der Waals surface area contributed by atoms with Gasteiger partial charge in [0, 0.05) is 10.9 Å². The van der Waals surface area contributed by atoms with Gasteiger partial charge in [-0.25, -0.2) is 4.98 Å². The smallest absolute Gasteiger partial charge is 0.136 e. The van der Waals surface area contributed by atoms with E-state index >= 15 is 0 Å². The number of nitrogens with zero attached hydrogens (tertiary/aromatic N) is 1. The first-order valence-electron chi connectivity index (χ1n) is 6.87. The van der Waals surface area contributed by atoms with Crippen molar-refractivity contribution in [2.24, 2.45) is 0 Å². The normalized spacial score (nSPS) is 10.8. The molecular formula is C18H16ClNO. The van der Waals surface area contributed by atoms with Gasteiger partial charge in [-0.3, -0.25) is 0 Å². The fourth-order valence-corrected chi connectivity index (χ4v) is 2.61. The molecule has 0 amide bonds. The maximum Gasteiger partial charge on any atom is 0.136 e. The molecule has 3 aromatic rings. The molecule has 0 aliphatic heterocycles. The van der Waals surface area contributed by atoms with E-state index in [-0.39, 0.29) is 0 Å². The van der Waals surface area contributed by atoms with E-state index in [1.165, 1.54) is 11.1 Å². The third kappa shape index (κ3) is 3.17. The summed E-state index contributed by atoms with van der Waals surface area (Å²) in [5.74, 6) is 0.858. The molecule has 0 radical (unpaired) electrons. The van der Waals surface area contributed by atoms with Crippen molar-refractivity contribution < 1.29 is 4.74 Å². The molecule has 0 saturated heterocycles. The minimum absolute atomic E-state index is 0.416. The van der Waals surface area contributed by atoms with Gasteiger partial charge in [-0.1, -0.05) is 35.9 Å². The van der Waals surface area contributed by atoms with Gasteiger partial charge in [0.05, 0.1) is 5.52 Å². The lowest BCUT2D eigenvalue weighted by atomic mass is 10.1. The van der Waals surface area contributed by atoms with E-state index in [0.717, 1.165) is 22.2 Å². The van der Waals surface area contributed by atoms with Gasteiger partial charge in [0.2, 0.25) is 0 Å². The van der Waals surface area contributed by atoms with Crippen molar-refractivity contribution in [3.63, 3.8) is 0 Å². The molecule has 0 spiro atoms. The standard InChI is InChI=1S/C18H16ClNO/c1-12-7-13(2)9-16(8-12)21-11-15-10-14-5-3-4-6-17(14)20-18(15)19/h3-10H,11H2,1-2H3. The number of hydrogen-bond acceptors (Lipinski definition) is 2. The second-order valence-corrected chi connectivity index (χ2v) is 5.60. The Bertz CT molecular complexity index is 778. The Balaban J connectivity index is 1.86. The molecule has 0 bridgehead atoms. The summed E-state index contributed by atoms with van der Waals surface area (Å²) in [6.07, 6.45) is 0. The van der Waals surface area contributed by atoms with Crippen molar-refractivity contribution in [1.82, 2.24) is 4.98 Å². The van der Waals surface area contributed by atoms with E-state index in [9.17, 15) is 0 Å². The summed E-state index contributed by atoms with van der Waals surface area (Å²) in [6, 6.07) is 16.1. The van der Waals surface area contributed by atoms with E-state index in [2.05, 4.69) is 24.9 Å². The SMILES string of the molecule is Cc1cc(C)cc(OCc2cc3ccccc3nc2Cl)c1. The quantitative estimate of drug-likeness (QED) is 0.629. The van der Waals surface area contributed by atoms with Crippen LogP contribution in [0.2, 0.25) is 5.15 Å². The monoisotopic (exact) mass is 297 g/mol. The second kappa shape index (κ2) is 5.74. The van der Waals surface area contributed by atoms with Gasteiger partial charge in [-0.2, -0.15) is 0 Å². The van der Waals surface area contributed by atoms with Crippen LogP contribution in [0.15, 0.2) is 48.5 Å². The van der Waals surface area contributed by atoms with Gasteiger partial charge in [0.25, 0.3) is 0 Å². The van der Waals surface area contributed by atoms with Crippen LogP contribution in [0.1, 0.15) is 16.7 Å². The summed E-state index contributed by atoms with van der Waals surface area (Å²) in [5.41, 5.74) is 4.17. The molecular weight excluding hydrogens is 282 g/mol. The van der Waals surface area contributed by atoms with Crippen LogP contribution in [0.3, 0.4) is 0 Å². The highest BCUT2D eigenvalue weighted by atomic mass is 35.5. The van der Waals surface area contributed by atoms with E-state index in [0.29, 0.717) is 11.8 Å². The van der Waals surface area contributed by atoms with E-state index in [1.807, 2.05) is 42.5 Å². The van der Waals surface area contributed by atoms with Gasteiger partial charge in [0.15, 0.2) is 0 Å². The number of para-hydroxylation sites is 1. The molecule has 3 heteroatoms. The Morgan fingerprint density at radius 3 is 2.48 bits per heavy atom. The summed E-state index contributed by atoms with van der Waals surface area (Å²) >= 11 is 6.24. The molecule has 0 atom stereocenters. The zero-order chi connectivity index (χ0) is 14.8. The molecule has 0 aliphatic carbocycles. The van der Waals surface area contributed by atoms with Gasteiger partial charge in [-0.05, 0) is 49.2 Å². The highest BCUT2D eigenvalue weighted by Gasteiger charge is 2.06. The first-order chi connectivity index (χ1) is 10.1. The average molecular weight is 298 g/mol. The molecule has 1 aromatic heterocycles. The van der Waals surface area contributed by atoms with Crippen LogP contribution in [0.25, 0.3) is 10.9 Å². The fraction of sp³-hybridized carbons (Fsp3) is 0.167. The molecule has 0 aliphatic rings. The zero-order valence-electron chi connectivity index (χ0n) is 12.1. The Morgan fingerprint density at radius 2 is 1.71 bits per heavy atom. The van der Waals surface area contributed by atoms with Crippen molar-refractivity contribution in [3.8, 4) is 5.75 Å². The Kier molecular flexibility index (Phi) is 3.80. The lowest BCUT2D eigenvalue weighted by Crippen LogP contribution is -1.98. The molecule has 1 heterocycles. The first kappa shape index (κ1) is 13.9. The van der Waals surface area contributed by atoms with Crippen molar-refractivity contribution in [2.45, 2.75) is 20.5 Å². The van der Waals surface area contributed by atoms with E-state index < -0.39 is 0 Å². The number of aryl methyl sites for hydroxylation is 2. The number of aromatic nitrogens is 1. The topological polar surface area (TPSA) is 22.1 Å². The molecule has 21 heavy (non-hydrogen) atoms. The Hall–Kier alpha value is -2.06. The summed E-state index contributed by atoms with van der Waals surface area (Å²) in [4.78, 5) is 4.41. The molecule has 2 nitrogen and oxygen atoms in total. The first-order valence-corrected chi connectivity index (χ1v) is 7.25. The predicted octanol–water partition coefficient (Wildman–Crippen LogP) is 5.08. The number of ether oxygens (including phenoxy) is 1. The van der Waals surface area contributed by atoms with Crippen LogP contribution < -0.4 is 4.74 Å². The number of halogens is 1.